The summed E-state index contributed by atoms with van der Waals surface area (Å²) < 4.78 is 13.3. The Bertz CT molecular complexity index is 1190. The first-order valence-corrected chi connectivity index (χ1v) is 11.7. The average Bonchev–Trinajstić information content (AvgIpc) is 3.43. The van der Waals surface area contributed by atoms with E-state index in [1.807, 2.05) is 30.3 Å². The number of hydrogen-bond donors (Lipinski definition) is 0. The summed E-state index contributed by atoms with van der Waals surface area (Å²) in [5.74, 6) is 3.49. The molecular formula is C24H25N5O2S. The molecule has 0 bridgehead atoms. The Morgan fingerprint density at radius 2 is 1.88 bits per heavy atom. The van der Waals surface area contributed by atoms with Crippen molar-refractivity contribution >= 4 is 11.8 Å². The van der Waals surface area contributed by atoms with Gasteiger partial charge in [-0.05, 0) is 43.9 Å². The quantitative estimate of drug-likeness (QED) is 0.322. The standard InChI is InChI=1S/C24H25N5O2S/c1-16(23-25-21(28-31-23)18-12-13-18)32-24-27-26-22(19-10-6-7-11-20(19)30-2)29(24)15-14-17-8-4-3-5-9-17/h3-11,16,18H,12-15H2,1-2H3. The third-order valence-corrected chi connectivity index (χ3v) is 6.63. The molecule has 1 aliphatic rings. The number of aryl methyl sites for hydroxylation is 1. The minimum atomic E-state index is -0.0276. The van der Waals surface area contributed by atoms with Gasteiger partial charge in [0.25, 0.3) is 0 Å². The summed E-state index contributed by atoms with van der Waals surface area (Å²) in [6.45, 7) is 2.81. The Kier molecular flexibility index (Phi) is 5.94. The number of para-hydroxylation sites is 1. The number of benzene rings is 2. The maximum atomic E-state index is 5.59. The van der Waals surface area contributed by atoms with E-state index in [1.54, 1.807) is 18.9 Å². The lowest BCUT2D eigenvalue weighted by Gasteiger charge is -2.13. The second-order valence-corrected chi connectivity index (χ2v) is 9.23. The molecule has 1 fully saturated rings. The van der Waals surface area contributed by atoms with Crippen molar-refractivity contribution in [2.75, 3.05) is 7.11 Å². The molecule has 1 aliphatic carbocycles. The Morgan fingerprint density at radius 3 is 2.66 bits per heavy atom. The molecular weight excluding hydrogens is 422 g/mol. The van der Waals surface area contributed by atoms with E-state index in [-0.39, 0.29) is 5.25 Å². The van der Waals surface area contributed by atoms with Crippen molar-refractivity contribution in [2.45, 2.75) is 49.1 Å². The first-order valence-electron chi connectivity index (χ1n) is 10.8. The molecule has 2 heterocycles. The molecule has 164 valence electrons. The molecule has 2 aromatic carbocycles. The van der Waals surface area contributed by atoms with Gasteiger partial charge in [0.15, 0.2) is 16.8 Å². The van der Waals surface area contributed by atoms with E-state index in [9.17, 15) is 0 Å². The van der Waals surface area contributed by atoms with Crippen LogP contribution in [0.4, 0.5) is 0 Å². The summed E-state index contributed by atoms with van der Waals surface area (Å²) >= 11 is 1.59. The molecule has 0 spiro atoms. The molecule has 0 radical (unpaired) electrons. The van der Waals surface area contributed by atoms with E-state index in [0.717, 1.165) is 53.9 Å². The first kappa shape index (κ1) is 20.8. The molecule has 0 aliphatic heterocycles. The zero-order valence-electron chi connectivity index (χ0n) is 18.1. The number of hydrogen-bond acceptors (Lipinski definition) is 7. The van der Waals surface area contributed by atoms with Gasteiger partial charge in [-0.25, -0.2) is 0 Å². The lowest BCUT2D eigenvalue weighted by Crippen LogP contribution is -2.06. The van der Waals surface area contributed by atoms with Crippen LogP contribution in [0, 0.1) is 0 Å². The third-order valence-electron chi connectivity index (χ3n) is 5.56. The molecule has 1 unspecified atom stereocenters. The van der Waals surface area contributed by atoms with Gasteiger partial charge in [-0.1, -0.05) is 59.4 Å². The van der Waals surface area contributed by atoms with Gasteiger partial charge < -0.3 is 13.8 Å². The van der Waals surface area contributed by atoms with Gasteiger partial charge in [0, 0.05) is 12.5 Å². The minimum Gasteiger partial charge on any atom is -0.496 e. The van der Waals surface area contributed by atoms with Crippen molar-refractivity contribution in [1.82, 2.24) is 24.9 Å². The number of methoxy groups -OCH3 is 1. The largest absolute Gasteiger partial charge is 0.496 e. The molecule has 0 amide bonds. The fourth-order valence-electron chi connectivity index (χ4n) is 3.62. The number of rotatable bonds is 9. The van der Waals surface area contributed by atoms with E-state index in [4.69, 9.17) is 9.26 Å². The highest BCUT2D eigenvalue weighted by Gasteiger charge is 2.30. The van der Waals surface area contributed by atoms with E-state index in [1.165, 1.54) is 5.56 Å². The lowest BCUT2D eigenvalue weighted by molar-refractivity contribution is 0.374. The predicted octanol–water partition coefficient (Wildman–Crippen LogP) is 5.31. The molecule has 1 atom stereocenters. The second kappa shape index (κ2) is 9.16. The molecule has 4 aromatic rings. The maximum Gasteiger partial charge on any atom is 0.239 e. The maximum absolute atomic E-state index is 5.59. The molecule has 0 N–H and O–H groups in total. The highest BCUT2D eigenvalue weighted by Crippen LogP contribution is 2.40. The van der Waals surface area contributed by atoms with Crippen LogP contribution in [0.1, 0.15) is 48.2 Å². The van der Waals surface area contributed by atoms with E-state index < -0.39 is 0 Å². The average molecular weight is 448 g/mol. The van der Waals surface area contributed by atoms with Gasteiger partial charge in [0.1, 0.15) is 5.75 Å². The topological polar surface area (TPSA) is 78.9 Å². The number of nitrogens with zero attached hydrogens (tertiary/aromatic N) is 5. The van der Waals surface area contributed by atoms with Crippen LogP contribution in [0.25, 0.3) is 11.4 Å². The van der Waals surface area contributed by atoms with Crippen LogP contribution in [0.3, 0.4) is 0 Å². The van der Waals surface area contributed by atoms with Crippen LogP contribution < -0.4 is 4.74 Å². The minimum absolute atomic E-state index is 0.0276. The molecule has 7 nitrogen and oxygen atoms in total. The van der Waals surface area contributed by atoms with Crippen molar-refractivity contribution < 1.29 is 9.26 Å². The smallest absolute Gasteiger partial charge is 0.239 e. The highest BCUT2D eigenvalue weighted by molar-refractivity contribution is 7.99. The van der Waals surface area contributed by atoms with Crippen LogP contribution >= 0.6 is 11.8 Å². The SMILES string of the molecule is COc1ccccc1-c1nnc(SC(C)c2nc(C3CC3)no2)n1CCc1ccccc1. The van der Waals surface area contributed by atoms with E-state index >= 15 is 0 Å². The van der Waals surface area contributed by atoms with Crippen LogP contribution in [-0.4, -0.2) is 32.0 Å². The summed E-state index contributed by atoms with van der Waals surface area (Å²) in [5, 5.41) is 14.0. The van der Waals surface area contributed by atoms with Gasteiger partial charge >= 0.3 is 0 Å². The Labute approximate surface area is 191 Å². The van der Waals surface area contributed by atoms with Gasteiger partial charge in [0.05, 0.1) is 17.9 Å². The summed E-state index contributed by atoms with van der Waals surface area (Å²) in [7, 11) is 1.67. The van der Waals surface area contributed by atoms with Crippen molar-refractivity contribution in [3.05, 3.63) is 71.9 Å². The summed E-state index contributed by atoms with van der Waals surface area (Å²) in [6.07, 6.45) is 3.17. The number of ether oxygens (including phenoxy) is 1. The molecule has 32 heavy (non-hydrogen) atoms. The van der Waals surface area contributed by atoms with Crippen molar-refractivity contribution in [1.29, 1.82) is 0 Å². The molecule has 5 rings (SSSR count). The van der Waals surface area contributed by atoms with Gasteiger partial charge in [-0.15, -0.1) is 10.2 Å². The summed E-state index contributed by atoms with van der Waals surface area (Å²) in [4.78, 5) is 4.61. The third kappa shape index (κ3) is 4.41. The highest BCUT2D eigenvalue weighted by atomic mass is 32.2. The van der Waals surface area contributed by atoms with E-state index in [0.29, 0.717) is 11.8 Å². The van der Waals surface area contributed by atoms with Crippen LogP contribution in [0.5, 0.6) is 5.75 Å². The number of aromatic nitrogens is 5. The summed E-state index contributed by atoms with van der Waals surface area (Å²) in [6, 6.07) is 18.3. The van der Waals surface area contributed by atoms with Gasteiger partial charge in [-0.2, -0.15) is 4.98 Å². The Morgan fingerprint density at radius 1 is 1.09 bits per heavy atom. The first-order chi connectivity index (χ1) is 15.7. The fraction of sp³-hybridized carbons (Fsp3) is 0.333. The second-order valence-electron chi connectivity index (χ2n) is 7.92. The van der Waals surface area contributed by atoms with Crippen LogP contribution in [0.15, 0.2) is 64.3 Å². The summed E-state index contributed by atoms with van der Waals surface area (Å²) in [5.41, 5.74) is 2.19. The van der Waals surface area contributed by atoms with Crippen LogP contribution in [-0.2, 0) is 13.0 Å². The van der Waals surface area contributed by atoms with Crippen molar-refractivity contribution in [3.63, 3.8) is 0 Å². The monoisotopic (exact) mass is 447 g/mol. The Balaban J connectivity index is 1.44. The molecule has 1 saturated carbocycles. The van der Waals surface area contributed by atoms with E-state index in [2.05, 4.69) is 56.1 Å². The predicted molar refractivity (Wildman–Crippen MR) is 123 cm³/mol. The lowest BCUT2D eigenvalue weighted by atomic mass is 10.1. The molecule has 2 aromatic heterocycles. The zero-order valence-corrected chi connectivity index (χ0v) is 19.0. The normalized spacial score (nSPS) is 14.4. The van der Waals surface area contributed by atoms with Crippen molar-refractivity contribution in [2.24, 2.45) is 0 Å². The Hall–Kier alpha value is -3.13. The van der Waals surface area contributed by atoms with Gasteiger partial charge in [0.2, 0.25) is 5.89 Å². The van der Waals surface area contributed by atoms with Crippen molar-refractivity contribution in [3.8, 4) is 17.1 Å². The molecule has 0 saturated heterocycles. The zero-order chi connectivity index (χ0) is 21.9. The fourth-order valence-corrected chi connectivity index (χ4v) is 4.53. The number of thioether (sulfide) groups is 1. The van der Waals surface area contributed by atoms with Crippen LogP contribution in [0.2, 0.25) is 0 Å². The van der Waals surface area contributed by atoms with Gasteiger partial charge in [-0.3, -0.25) is 0 Å². The molecule has 8 heteroatoms.